The Morgan fingerprint density at radius 1 is 1.35 bits per heavy atom. The first-order chi connectivity index (χ1) is 9.63. The number of halogens is 2. The third kappa shape index (κ3) is 5.52. The van der Waals surface area contributed by atoms with Crippen LogP contribution in [-0.4, -0.2) is 36.5 Å². The Kier molecular flexibility index (Phi) is 6.49. The molecule has 1 unspecified atom stereocenters. The minimum atomic E-state index is 0.0955. The number of carbonyl (C=O) groups excluding carboxylic acids is 1. The van der Waals surface area contributed by atoms with E-state index in [-0.39, 0.29) is 5.91 Å². The lowest BCUT2D eigenvalue weighted by Crippen LogP contribution is -2.41. The van der Waals surface area contributed by atoms with Gasteiger partial charge >= 0.3 is 0 Å². The van der Waals surface area contributed by atoms with Crippen LogP contribution in [0.25, 0.3) is 0 Å². The molecule has 0 saturated carbocycles. The molecule has 0 spiro atoms. The lowest BCUT2D eigenvalue weighted by Gasteiger charge is -2.22. The summed E-state index contributed by atoms with van der Waals surface area (Å²) in [5, 5.41) is 7.55. The normalized spacial score (nSPS) is 18.8. The molecule has 2 N–H and O–H groups in total. The standard InChI is InChI=1S/C14H18Cl2N2OS/c15-11-5-10(6-12(16)7-11)1-2-18-14(19)8-13-9-20-4-3-17-13/h5-7,13,17H,1-4,8-9H2,(H,18,19). The number of carbonyl (C=O) groups is 1. The van der Waals surface area contributed by atoms with Crippen LogP contribution in [0.2, 0.25) is 10.0 Å². The molecule has 3 nitrogen and oxygen atoms in total. The van der Waals surface area contributed by atoms with E-state index in [1.165, 1.54) is 0 Å². The number of hydrogen-bond acceptors (Lipinski definition) is 3. The molecule has 6 heteroatoms. The van der Waals surface area contributed by atoms with Crippen LogP contribution < -0.4 is 10.6 Å². The van der Waals surface area contributed by atoms with Crippen LogP contribution in [0.15, 0.2) is 18.2 Å². The summed E-state index contributed by atoms with van der Waals surface area (Å²) in [6.07, 6.45) is 1.28. The smallest absolute Gasteiger partial charge is 0.221 e. The van der Waals surface area contributed by atoms with Crippen LogP contribution >= 0.6 is 35.0 Å². The van der Waals surface area contributed by atoms with Crippen molar-refractivity contribution < 1.29 is 4.79 Å². The highest BCUT2D eigenvalue weighted by Crippen LogP contribution is 2.19. The molecule has 0 aromatic heterocycles. The van der Waals surface area contributed by atoms with Crippen molar-refractivity contribution in [2.24, 2.45) is 0 Å². The van der Waals surface area contributed by atoms with Gasteiger partial charge in [-0.2, -0.15) is 11.8 Å². The van der Waals surface area contributed by atoms with Crippen molar-refractivity contribution in [2.75, 3.05) is 24.6 Å². The highest BCUT2D eigenvalue weighted by molar-refractivity contribution is 7.99. The first kappa shape index (κ1) is 16.0. The van der Waals surface area contributed by atoms with Crippen molar-refractivity contribution >= 4 is 40.9 Å². The largest absolute Gasteiger partial charge is 0.356 e. The molecule has 1 aromatic carbocycles. The number of benzene rings is 1. The molecule has 1 heterocycles. The molecule has 1 aliphatic heterocycles. The SMILES string of the molecule is O=C(CC1CSCCN1)NCCc1cc(Cl)cc(Cl)c1. The zero-order chi connectivity index (χ0) is 14.4. The van der Waals surface area contributed by atoms with Gasteiger partial charge in [0, 0.05) is 47.1 Å². The molecule has 1 atom stereocenters. The van der Waals surface area contributed by atoms with E-state index in [4.69, 9.17) is 23.2 Å². The molecule has 1 saturated heterocycles. The second kappa shape index (κ2) is 8.13. The third-order valence-electron chi connectivity index (χ3n) is 3.09. The van der Waals surface area contributed by atoms with Crippen molar-refractivity contribution in [1.29, 1.82) is 0 Å². The maximum absolute atomic E-state index is 11.8. The summed E-state index contributed by atoms with van der Waals surface area (Å²) < 4.78 is 0. The van der Waals surface area contributed by atoms with Crippen molar-refractivity contribution in [1.82, 2.24) is 10.6 Å². The van der Waals surface area contributed by atoms with E-state index in [2.05, 4.69) is 10.6 Å². The van der Waals surface area contributed by atoms with Crippen molar-refractivity contribution in [2.45, 2.75) is 18.9 Å². The molecule has 0 aliphatic carbocycles. The van der Waals surface area contributed by atoms with Crippen molar-refractivity contribution in [3.63, 3.8) is 0 Å². The van der Waals surface area contributed by atoms with E-state index in [1.54, 1.807) is 6.07 Å². The summed E-state index contributed by atoms with van der Waals surface area (Å²) in [7, 11) is 0. The number of amides is 1. The van der Waals surface area contributed by atoms with Crippen LogP contribution in [0.1, 0.15) is 12.0 Å². The number of hydrogen-bond donors (Lipinski definition) is 2. The monoisotopic (exact) mass is 332 g/mol. The molecule has 0 bridgehead atoms. The molecule has 1 amide bonds. The molecule has 0 radical (unpaired) electrons. The lowest BCUT2D eigenvalue weighted by molar-refractivity contribution is -0.121. The third-order valence-corrected chi connectivity index (χ3v) is 4.66. The summed E-state index contributed by atoms with van der Waals surface area (Å²) in [4.78, 5) is 11.8. The predicted octanol–water partition coefficient (Wildman–Crippen LogP) is 2.75. The van der Waals surface area contributed by atoms with Gasteiger partial charge in [0.2, 0.25) is 5.91 Å². The van der Waals surface area contributed by atoms with Crippen LogP contribution in [0.4, 0.5) is 0 Å². The summed E-state index contributed by atoms with van der Waals surface area (Å²) >= 11 is 13.8. The maximum atomic E-state index is 11.8. The van der Waals surface area contributed by atoms with Gasteiger partial charge in [0.1, 0.15) is 0 Å². The molecular formula is C14H18Cl2N2OS. The van der Waals surface area contributed by atoms with Crippen LogP contribution in [0, 0.1) is 0 Å². The highest BCUT2D eigenvalue weighted by Gasteiger charge is 2.16. The Labute approximate surface area is 133 Å². The van der Waals surface area contributed by atoms with E-state index >= 15 is 0 Å². The van der Waals surface area contributed by atoms with E-state index in [0.717, 1.165) is 30.0 Å². The van der Waals surface area contributed by atoms with Gasteiger partial charge < -0.3 is 10.6 Å². The average Bonchev–Trinajstić information content (AvgIpc) is 2.38. The van der Waals surface area contributed by atoms with E-state index < -0.39 is 0 Å². The van der Waals surface area contributed by atoms with Crippen molar-refractivity contribution in [3.05, 3.63) is 33.8 Å². The summed E-state index contributed by atoms with van der Waals surface area (Å²) in [5.41, 5.74) is 1.04. The van der Waals surface area contributed by atoms with E-state index in [9.17, 15) is 4.79 Å². The fraction of sp³-hybridized carbons (Fsp3) is 0.500. The van der Waals surface area contributed by atoms with E-state index in [1.807, 2.05) is 23.9 Å². The lowest BCUT2D eigenvalue weighted by atomic mass is 10.1. The topological polar surface area (TPSA) is 41.1 Å². The maximum Gasteiger partial charge on any atom is 0.221 e. The highest BCUT2D eigenvalue weighted by atomic mass is 35.5. The quantitative estimate of drug-likeness (QED) is 0.871. The molecule has 2 rings (SSSR count). The second-order valence-electron chi connectivity index (χ2n) is 4.81. The minimum Gasteiger partial charge on any atom is -0.356 e. The summed E-state index contributed by atoms with van der Waals surface area (Å²) in [6.45, 7) is 1.60. The van der Waals surface area contributed by atoms with Gasteiger partial charge in [0.05, 0.1) is 0 Å². The first-order valence-corrected chi connectivity index (χ1v) is 8.57. The fourth-order valence-electron chi connectivity index (χ4n) is 2.15. The zero-order valence-corrected chi connectivity index (χ0v) is 13.5. The molecule has 1 aromatic rings. The average molecular weight is 333 g/mol. The number of rotatable bonds is 5. The zero-order valence-electron chi connectivity index (χ0n) is 11.1. The molecule has 20 heavy (non-hydrogen) atoms. The Hall–Kier alpha value is -0.420. The van der Waals surface area contributed by atoms with Gasteiger partial charge in [-0.1, -0.05) is 23.2 Å². The summed E-state index contributed by atoms with van der Waals surface area (Å²) in [6, 6.07) is 5.75. The van der Waals surface area contributed by atoms with Crippen LogP contribution in [-0.2, 0) is 11.2 Å². The van der Waals surface area contributed by atoms with E-state index in [0.29, 0.717) is 29.1 Å². The number of thioether (sulfide) groups is 1. The Morgan fingerprint density at radius 2 is 2.10 bits per heavy atom. The Balaban J connectivity index is 1.70. The predicted molar refractivity (Wildman–Crippen MR) is 86.9 cm³/mol. The van der Waals surface area contributed by atoms with Crippen LogP contribution in [0.5, 0.6) is 0 Å². The minimum absolute atomic E-state index is 0.0955. The van der Waals surface area contributed by atoms with Gasteiger partial charge in [-0.3, -0.25) is 4.79 Å². The van der Waals surface area contributed by atoms with Gasteiger partial charge in [-0.05, 0) is 30.2 Å². The Bertz CT molecular complexity index is 444. The first-order valence-electron chi connectivity index (χ1n) is 6.66. The van der Waals surface area contributed by atoms with Gasteiger partial charge in [0.25, 0.3) is 0 Å². The van der Waals surface area contributed by atoms with Crippen LogP contribution in [0.3, 0.4) is 0 Å². The second-order valence-corrected chi connectivity index (χ2v) is 6.83. The van der Waals surface area contributed by atoms with Gasteiger partial charge in [-0.25, -0.2) is 0 Å². The molecule has 110 valence electrons. The molecular weight excluding hydrogens is 315 g/mol. The van der Waals surface area contributed by atoms with Gasteiger partial charge in [-0.15, -0.1) is 0 Å². The van der Waals surface area contributed by atoms with Crippen molar-refractivity contribution in [3.8, 4) is 0 Å². The fourth-order valence-corrected chi connectivity index (χ4v) is 3.67. The molecule has 1 aliphatic rings. The Morgan fingerprint density at radius 3 is 2.75 bits per heavy atom. The number of nitrogens with one attached hydrogen (secondary N) is 2. The summed E-state index contributed by atoms with van der Waals surface area (Å²) in [5.74, 6) is 2.24. The van der Waals surface area contributed by atoms with Gasteiger partial charge in [0.15, 0.2) is 0 Å². The molecule has 1 fully saturated rings.